The minimum absolute atomic E-state index is 0.0181. The maximum absolute atomic E-state index is 6.12. The highest BCUT2D eigenvalue weighted by Crippen LogP contribution is 2.32. The van der Waals surface area contributed by atoms with Gasteiger partial charge in [0.15, 0.2) is 6.29 Å². The molecule has 0 bridgehead atoms. The van der Waals surface area contributed by atoms with Crippen molar-refractivity contribution in [3.05, 3.63) is 35.4 Å². The van der Waals surface area contributed by atoms with Crippen LogP contribution in [0.4, 0.5) is 0 Å². The third kappa shape index (κ3) is 3.89. The van der Waals surface area contributed by atoms with E-state index in [0.717, 1.165) is 0 Å². The van der Waals surface area contributed by atoms with Crippen molar-refractivity contribution < 1.29 is 14.2 Å². The fourth-order valence-electron chi connectivity index (χ4n) is 3.39. The molecule has 1 aromatic rings. The largest absolute Gasteiger partial charge is 0.366 e. The first-order valence-electron chi connectivity index (χ1n) is 8.58. The lowest BCUT2D eigenvalue weighted by Gasteiger charge is -2.40. The standard InChI is InChI=1S/C19H28O3/c1-15-8-6-7-11-17(15)12-22-19(2)13-20-18(21-14-19)16-9-4-3-5-10-16/h6-8,11,16,18H,3-5,9-10,12-14H2,1-2H3. The predicted octanol–water partition coefficient (Wildman–Crippen LogP) is 4.22. The molecule has 0 spiro atoms. The lowest BCUT2D eigenvalue weighted by Crippen LogP contribution is -2.49. The summed E-state index contributed by atoms with van der Waals surface area (Å²) in [6.07, 6.45) is 6.46. The van der Waals surface area contributed by atoms with E-state index >= 15 is 0 Å². The molecule has 3 heteroatoms. The van der Waals surface area contributed by atoms with E-state index in [9.17, 15) is 0 Å². The molecule has 2 fully saturated rings. The zero-order valence-electron chi connectivity index (χ0n) is 13.8. The summed E-state index contributed by atoms with van der Waals surface area (Å²) in [4.78, 5) is 0. The quantitative estimate of drug-likeness (QED) is 0.833. The number of benzene rings is 1. The molecule has 1 aliphatic heterocycles. The number of rotatable bonds is 4. The van der Waals surface area contributed by atoms with Crippen molar-refractivity contribution in [2.75, 3.05) is 13.2 Å². The topological polar surface area (TPSA) is 27.7 Å². The highest BCUT2D eigenvalue weighted by atomic mass is 16.7. The summed E-state index contributed by atoms with van der Waals surface area (Å²) in [5.74, 6) is 0.578. The molecule has 1 saturated carbocycles. The van der Waals surface area contributed by atoms with Crippen LogP contribution in [0.15, 0.2) is 24.3 Å². The Morgan fingerprint density at radius 3 is 2.45 bits per heavy atom. The van der Waals surface area contributed by atoms with Gasteiger partial charge in [-0.3, -0.25) is 0 Å². The third-order valence-electron chi connectivity index (χ3n) is 4.98. The van der Waals surface area contributed by atoms with Crippen LogP contribution in [-0.2, 0) is 20.8 Å². The van der Waals surface area contributed by atoms with Crippen LogP contribution in [-0.4, -0.2) is 25.1 Å². The molecule has 22 heavy (non-hydrogen) atoms. The summed E-state index contributed by atoms with van der Waals surface area (Å²) in [6.45, 7) is 6.07. The van der Waals surface area contributed by atoms with Gasteiger partial charge in [-0.25, -0.2) is 0 Å². The van der Waals surface area contributed by atoms with Crippen LogP contribution in [0.2, 0.25) is 0 Å². The molecule has 1 heterocycles. The number of ether oxygens (including phenoxy) is 3. The Morgan fingerprint density at radius 2 is 1.77 bits per heavy atom. The third-order valence-corrected chi connectivity index (χ3v) is 4.98. The molecule has 1 aliphatic carbocycles. The van der Waals surface area contributed by atoms with Gasteiger partial charge >= 0.3 is 0 Å². The molecule has 0 atom stereocenters. The molecule has 0 unspecified atom stereocenters. The van der Waals surface area contributed by atoms with Crippen molar-refractivity contribution >= 4 is 0 Å². The fraction of sp³-hybridized carbons (Fsp3) is 0.684. The van der Waals surface area contributed by atoms with Crippen LogP contribution in [0.1, 0.15) is 50.2 Å². The lowest BCUT2D eigenvalue weighted by molar-refractivity contribution is -0.280. The fourth-order valence-corrected chi connectivity index (χ4v) is 3.39. The van der Waals surface area contributed by atoms with Gasteiger partial charge in [-0.2, -0.15) is 0 Å². The van der Waals surface area contributed by atoms with Gasteiger partial charge in [0.25, 0.3) is 0 Å². The van der Waals surface area contributed by atoms with Crippen molar-refractivity contribution in [3.63, 3.8) is 0 Å². The van der Waals surface area contributed by atoms with E-state index in [0.29, 0.717) is 25.7 Å². The minimum atomic E-state index is -0.340. The van der Waals surface area contributed by atoms with Crippen LogP contribution >= 0.6 is 0 Å². The van der Waals surface area contributed by atoms with Crippen molar-refractivity contribution in [3.8, 4) is 0 Å². The summed E-state index contributed by atoms with van der Waals surface area (Å²) in [5.41, 5.74) is 2.16. The summed E-state index contributed by atoms with van der Waals surface area (Å²) in [7, 11) is 0. The Morgan fingerprint density at radius 1 is 1.09 bits per heavy atom. The monoisotopic (exact) mass is 304 g/mol. The van der Waals surface area contributed by atoms with Crippen LogP contribution in [0.5, 0.6) is 0 Å². The molecule has 122 valence electrons. The molecule has 3 rings (SSSR count). The van der Waals surface area contributed by atoms with Crippen LogP contribution in [0.25, 0.3) is 0 Å². The number of aryl methyl sites for hydroxylation is 1. The Bertz CT molecular complexity index is 471. The van der Waals surface area contributed by atoms with E-state index in [4.69, 9.17) is 14.2 Å². The lowest BCUT2D eigenvalue weighted by atomic mass is 9.88. The average molecular weight is 304 g/mol. The first kappa shape index (κ1) is 16.0. The zero-order valence-corrected chi connectivity index (χ0v) is 13.8. The van der Waals surface area contributed by atoms with E-state index in [1.165, 1.54) is 43.2 Å². The first-order valence-corrected chi connectivity index (χ1v) is 8.58. The zero-order chi connectivity index (χ0) is 15.4. The van der Waals surface area contributed by atoms with E-state index in [1.807, 2.05) is 0 Å². The molecule has 0 N–H and O–H groups in total. The van der Waals surface area contributed by atoms with Gasteiger partial charge in [0.1, 0.15) is 5.60 Å². The second-order valence-electron chi connectivity index (χ2n) is 7.05. The predicted molar refractivity (Wildman–Crippen MR) is 86.6 cm³/mol. The second kappa shape index (κ2) is 7.12. The highest BCUT2D eigenvalue weighted by Gasteiger charge is 2.37. The van der Waals surface area contributed by atoms with Gasteiger partial charge in [-0.1, -0.05) is 43.5 Å². The van der Waals surface area contributed by atoms with Gasteiger partial charge < -0.3 is 14.2 Å². The Kier molecular flexibility index (Phi) is 5.17. The van der Waals surface area contributed by atoms with Gasteiger partial charge in [0.2, 0.25) is 0 Å². The van der Waals surface area contributed by atoms with Crippen molar-refractivity contribution in [1.29, 1.82) is 0 Å². The van der Waals surface area contributed by atoms with E-state index in [1.54, 1.807) is 0 Å². The summed E-state index contributed by atoms with van der Waals surface area (Å²) in [6, 6.07) is 8.35. The van der Waals surface area contributed by atoms with Crippen LogP contribution in [0, 0.1) is 12.8 Å². The van der Waals surface area contributed by atoms with Crippen LogP contribution < -0.4 is 0 Å². The molecular weight excluding hydrogens is 276 g/mol. The Balaban J connectivity index is 1.50. The van der Waals surface area contributed by atoms with Crippen molar-refractivity contribution in [1.82, 2.24) is 0 Å². The molecule has 0 amide bonds. The number of hydrogen-bond donors (Lipinski definition) is 0. The van der Waals surface area contributed by atoms with E-state index in [-0.39, 0.29) is 11.9 Å². The van der Waals surface area contributed by atoms with E-state index < -0.39 is 0 Å². The van der Waals surface area contributed by atoms with Gasteiger partial charge in [-0.05, 0) is 37.8 Å². The second-order valence-corrected chi connectivity index (χ2v) is 7.05. The van der Waals surface area contributed by atoms with E-state index in [2.05, 4.69) is 38.1 Å². The smallest absolute Gasteiger partial charge is 0.160 e. The normalized spacial score (nSPS) is 30.4. The molecule has 2 aliphatic rings. The maximum Gasteiger partial charge on any atom is 0.160 e. The van der Waals surface area contributed by atoms with Crippen LogP contribution in [0.3, 0.4) is 0 Å². The summed E-state index contributed by atoms with van der Waals surface area (Å²) >= 11 is 0. The van der Waals surface area contributed by atoms with Gasteiger partial charge in [0.05, 0.1) is 19.8 Å². The Hall–Kier alpha value is -0.900. The molecular formula is C19H28O3. The summed E-state index contributed by atoms with van der Waals surface area (Å²) < 4.78 is 18.1. The number of hydrogen-bond acceptors (Lipinski definition) is 3. The summed E-state index contributed by atoms with van der Waals surface area (Å²) in [5, 5.41) is 0. The van der Waals surface area contributed by atoms with Gasteiger partial charge in [-0.15, -0.1) is 0 Å². The minimum Gasteiger partial charge on any atom is -0.366 e. The maximum atomic E-state index is 6.12. The molecule has 3 nitrogen and oxygen atoms in total. The molecule has 1 saturated heterocycles. The first-order chi connectivity index (χ1) is 10.7. The SMILES string of the molecule is Cc1ccccc1COC1(C)COC(C2CCCCC2)OC1. The molecule has 0 aromatic heterocycles. The molecule has 0 radical (unpaired) electrons. The average Bonchev–Trinajstić information content (AvgIpc) is 2.56. The van der Waals surface area contributed by atoms with Crippen molar-refractivity contribution in [2.45, 2.75) is 64.4 Å². The Labute approximate surface area is 134 Å². The molecule has 1 aromatic carbocycles. The highest BCUT2D eigenvalue weighted by molar-refractivity contribution is 5.24. The van der Waals surface area contributed by atoms with Gasteiger partial charge in [0, 0.05) is 5.92 Å². The van der Waals surface area contributed by atoms with Crippen molar-refractivity contribution in [2.24, 2.45) is 5.92 Å².